The van der Waals surface area contributed by atoms with E-state index in [9.17, 15) is 0 Å². The first-order chi connectivity index (χ1) is 10.3. The van der Waals surface area contributed by atoms with Crippen molar-refractivity contribution in [3.8, 4) is 0 Å². The molecule has 0 fully saturated rings. The number of benzene rings is 1. The van der Waals surface area contributed by atoms with Crippen LogP contribution in [0.4, 0.5) is 0 Å². The Morgan fingerprint density at radius 3 is 1.48 bits per heavy atom. The van der Waals surface area contributed by atoms with Crippen LogP contribution in [0.1, 0.15) is 98.8 Å². The van der Waals surface area contributed by atoms with Gasteiger partial charge in [0.1, 0.15) is 0 Å². The summed E-state index contributed by atoms with van der Waals surface area (Å²) in [4.78, 5) is 0. The minimum Gasteiger partial charge on any atom is -0.0897 e. The summed E-state index contributed by atoms with van der Waals surface area (Å²) in [5, 5.41) is 1.64. The molecular weight excluding hydrogens is 295 g/mol. The lowest BCUT2D eigenvalue weighted by Gasteiger charge is -2.33. The molecule has 0 aliphatic carbocycles. The largest absolute Gasteiger partial charge is 0.0897 e. The summed E-state index contributed by atoms with van der Waals surface area (Å²) >= 11 is 0. The van der Waals surface area contributed by atoms with E-state index in [1.165, 1.54) is 24.6 Å². The monoisotopic (exact) mass is 334 g/mol. The second-order valence-electron chi connectivity index (χ2n) is 9.98. The summed E-state index contributed by atoms with van der Waals surface area (Å²) in [6, 6.07) is 5.01. The van der Waals surface area contributed by atoms with Crippen LogP contribution >= 0.6 is 8.58 Å². The predicted octanol–water partition coefficient (Wildman–Crippen LogP) is 6.68. The first kappa shape index (κ1) is 20.7. The van der Waals surface area contributed by atoms with Gasteiger partial charge in [0.15, 0.2) is 0 Å². The Hall–Kier alpha value is -0.350. The minimum atomic E-state index is 0.199. The van der Waals surface area contributed by atoms with Gasteiger partial charge in [-0.1, -0.05) is 96.4 Å². The molecule has 0 aliphatic heterocycles. The number of hydrogen-bond donors (Lipinski definition) is 0. The van der Waals surface area contributed by atoms with E-state index < -0.39 is 0 Å². The van der Waals surface area contributed by atoms with Crippen LogP contribution in [-0.4, -0.2) is 6.16 Å². The molecule has 132 valence electrons. The fourth-order valence-corrected chi connectivity index (χ4v) is 4.89. The topological polar surface area (TPSA) is 0 Å². The van der Waals surface area contributed by atoms with Gasteiger partial charge in [0, 0.05) is 0 Å². The van der Waals surface area contributed by atoms with E-state index in [1.54, 1.807) is 16.4 Å². The van der Waals surface area contributed by atoms with Gasteiger partial charge in [-0.2, -0.15) is 0 Å². The Labute approximate surface area is 147 Å². The molecule has 1 heteroatoms. The highest BCUT2D eigenvalue weighted by Crippen LogP contribution is 2.36. The van der Waals surface area contributed by atoms with E-state index >= 15 is 0 Å². The Morgan fingerprint density at radius 2 is 1.17 bits per heavy atom. The zero-order valence-corrected chi connectivity index (χ0v) is 18.3. The van der Waals surface area contributed by atoms with E-state index in [0.717, 1.165) is 8.58 Å². The van der Waals surface area contributed by atoms with Crippen molar-refractivity contribution in [3.05, 3.63) is 28.8 Å². The Morgan fingerprint density at radius 1 is 0.739 bits per heavy atom. The average Bonchev–Trinajstić information content (AvgIpc) is 2.35. The highest BCUT2D eigenvalue weighted by Gasteiger charge is 2.28. The van der Waals surface area contributed by atoms with Crippen LogP contribution in [0.15, 0.2) is 12.1 Å². The van der Waals surface area contributed by atoms with Crippen molar-refractivity contribution in [2.75, 3.05) is 6.16 Å². The van der Waals surface area contributed by atoms with Gasteiger partial charge in [-0.05, 0) is 50.8 Å². The molecule has 0 spiro atoms. The van der Waals surface area contributed by atoms with E-state index in [4.69, 9.17) is 0 Å². The quantitative estimate of drug-likeness (QED) is 0.425. The first-order valence-electron chi connectivity index (χ1n) is 9.22. The average molecular weight is 335 g/mol. The van der Waals surface area contributed by atoms with Crippen LogP contribution in [-0.2, 0) is 16.2 Å². The van der Waals surface area contributed by atoms with Gasteiger partial charge in [-0.3, -0.25) is 0 Å². The SMILES string of the molecule is CCCCPc1c(C(C)(C)C)cc(C(C)(C)C)cc1C(C)(C)C. The van der Waals surface area contributed by atoms with Crippen molar-refractivity contribution >= 4 is 13.9 Å². The molecule has 0 N–H and O–H groups in total. The van der Waals surface area contributed by atoms with Crippen molar-refractivity contribution in [1.82, 2.24) is 0 Å². The number of unbranched alkanes of at least 4 members (excludes halogenated alkanes) is 1. The lowest BCUT2D eigenvalue weighted by Crippen LogP contribution is -2.30. The van der Waals surface area contributed by atoms with E-state index in [1.807, 2.05) is 0 Å². The van der Waals surface area contributed by atoms with Crippen LogP contribution < -0.4 is 5.30 Å². The molecule has 1 aromatic carbocycles. The van der Waals surface area contributed by atoms with Gasteiger partial charge >= 0.3 is 0 Å². The van der Waals surface area contributed by atoms with Gasteiger partial charge in [0.25, 0.3) is 0 Å². The maximum atomic E-state index is 2.50. The summed E-state index contributed by atoms with van der Waals surface area (Å²) in [6.07, 6.45) is 3.97. The Kier molecular flexibility index (Phi) is 6.54. The zero-order chi connectivity index (χ0) is 18.1. The maximum absolute atomic E-state index is 2.50. The van der Waals surface area contributed by atoms with Gasteiger partial charge < -0.3 is 0 Å². The van der Waals surface area contributed by atoms with E-state index in [-0.39, 0.29) is 16.2 Å². The molecule has 1 aromatic rings. The summed E-state index contributed by atoms with van der Waals surface area (Å²) in [5.74, 6) is 0. The Balaban J connectivity index is 3.61. The molecule has 0 amide bonds. The van der Waals surface area contributed by atoms with E-state index in [2.05, 4.69) is 81.4 Å². The third kappa shape index (κ3) is 5.60. The molecule has 0 heterocycles. The highest BCUT2D eigenvalue weighted by molar-refractivity contribution is 7.47. The van der Waals surface area contributed by atoms with Gasteiger partial charge in [0.2, 0.25) is 0 Å². The van der Waals surface area contributed by atoms with Crippen molar-refractivity contribution < 1.29 is 0 Å². The summed E-state index contributed by atoms with van der Waals surface area (Å²) in [5.41, 5.74) is 5.24. The molecule has 23 heavy (non-hydrogen) atoms. The minimum absolute atomic E-state index is 0.199. The fraction of sp³-hybridized carbons (Fsp3) is 0.727. The van der Waals surface area contributed by atoms with Crippen LogP contribution in [0.3, 0.4) is 0 Å². The number of hydrogen-bond acceptors (Lipinski definition) is 0. The third-order valence-electron chi connectivity index (χ3n) is 4.45. The standard InChI is InChI=1S/C22H39P/c1-11-12-13-23-19-17(21(5,6)7)14-16(20(2,3)4)15-18(19)22(8,9)10/h14-15,23H,11-13H2,1-10H3. The lowest BCUT2D eigenvalue weighted by molar-refractivity contribution is 0.553. The first-order valence-corrected chi connectivity index (χ1v) is 10.4. The molecule has 0 saturated heterocycles. The summed E-state index contributed by atoms with van der Waals surface area (Å²) < 4.78 is 0. The van der Waals surface area contributed by atoms with Crippen molar-refractivity contribution in [3.63, 3.8) is 0 Å². The lowest BCUT2D eigenvalue weighted by atomic mass is 9.75. The second-order valence-corrected chi connectivity index (χ2v) is 11.3. The van der Waals surface area contributed by atoms with Crippen molar-refractivity contribution in [2.24, 2.45) is 0 Å². The molecule has 0 aliphatic rings. The summed E-state index contributed by atoms with van der Waals surface area (Å²) in [6.45, 7) is 23.5. The molecular formula is C22H39P. The second kappa shape index (κ2) is 7.26. The molecule has 0 radical (unpaired) electrons. The smallest absolute Gasteiger partial charge is 0.0125 e. The summed E-state index contributed by atoms with van der Waals surface area (Å²) in [7, 11) is 0.936. The van der Waals surface area contributed by atoms with Gasteiger partial charge in [-0.25, -0.2) is 0 Å². The molecule has 1 rings (SSSR count). The predicted molar refractivity (Wildman–Crippen MR) is 110 cm³/mol. The number of rotatable bonds is 4. The van der Waals surface area contributed by atoms with Crippen molar-refractivity contribution in [2.45, 2.75) is 98.3 Å². The van der Waals surface area contributed by atoms with Gasteiger partial charge in [0.05, 0.1) is 0 Å². The zero-order valence-electron chi connectivity index (χ0n) is 17.3. The third-order valence-corrected chi connectivity index (χ3v) is 5.95. The van der Waals surface area contributed by atoms with Crippen molar-refractivity contribution in [1.29, 1.82) is 0 Å². The molecule has 0 nitrogen and oxygen atoms in total. The van der Waals surface area contributed by atoms with E-state index in [0.29, 0.717) is 0 Å². The molecule has 0 saturated carbocycles. The fourth-order valence-electron chi connectivity index (χ4n) is 2.84. The molecule has 0 bridgehead atoms. The maximum Gasteiger partial charge on any atom is -0.0125 e. The molecule has 0 aromatic heterocycles. The molecule has 1 unspecified atom stereocenters. The van der Waals surface area contributed by atoms with Crippen LogP contribution in [0.5, 0.6) is 0 Å². The van der Waals surface area contributed by atoms with Gasteiger partial charge in [-0.15, -0.1) is 0 Å². The Bertz CT molecular complexity index is 483. The highest BCUT2D eigenvalue weighted by atomic mass is 31.1. The normalized spacial score (nSPS) is 14.0. The van der Waals surface area contributed by atoms with Crippen LogP contribution in [0.2, 0.25) is 0 Å². The van der Waals surface area contributed by atoms with Crippen LogP contribution in [0.25, 0.3) is 0 Å². The van der Waals surface area contributed by atoms with Crippen LogP contribution in [0, 0.1) is 0 Å². The molecule has 1 atom stereocenters.